The van der Waals surface area contributed by atoms with Crippen molar-refractivity contribution in [1.82, 2.24) is 4.31 Å². The number of anilines is 1. The SMILES string of the molecule is CCN1C(=O)Nc2c(ccc(C)c2C)S1(=O)=O. The van der Waals surface area contributed by atoms with Crippen molar-refractivity contribution >= 4 is 21.7 Å². The van der Waals surface area contributed by atoms with Gasteiger partial charge in [0.25, 0.3) is 10.0 Å². The minimum atomic E-state index is -3.70. The van der Waals surface area contributed by atoms with Crippen LogP contribution < -0.4 is 5.32 Å². The molecule has 0 aliphatic carbocycles. The van der Waals surface area contributed by atoms with Crippen molar-refractivity contribution in [2.45, 2.75) is 25.7 Å². The number of hydrogen-bond donors (Lipinski definition) is 1. The Bertz CT molecular complexity index is 593. The van der Waals surface area contributed by atoms with E-state index in [1.54, 1.807) is 19.9 Å². The average molecular weight is 254 g/mol. The van der Waals surface area contributed by atoms with Crippen molar-refractivity contribution in [2.24, 2.45) is 0 Å². The van der Waals surface area contributed by atoms with Gasteiger partial charge >= 0.3 is 6.03 Å². The van der Waals surface area contributed by atoms with Crippen LogP contribution in [0.5, 0.6) is 0 Å². The molecule has 0 spiro atoms. The molecule has 1 aromatic rings. The van der Waals surface area contributed by atoms with Crippen LogP contribution in [-0.4, -0.2) is 25.3 Å². The molecule has 1 aliphatic rings. The van der Waals surface area contributed by atoms with Crippen molar-refractivity contribution < 1.29 is 13.2 Å². The molecule has 0 aromatic heterocycles. The average Bonchev–Trinajstić information content (AvgIpc) is 2.24. The van der Waals surface area contributed by atoms with Gasteiger partial charge in [-0.3, -0.25) is 0 Å². The normalized spacial score (nSPS) is 17.6. The second kappa shape index (κ2) is 3.73. The zero-order chi connectivity index (χ0) is 12.8. The highest BCUT2D eigenvalue weighted by Crippen LogP contribution is 2.33. The Balaban J connectivity index is 2.75. The van der Waals surface area contributed by atoms with Crippen molar-refractivity contribution in [2.75, 3.05) is 11.9 Å². The molecule has 2 amide bonds. The van der Waals surface area contributed by atoms with E-state index in [0.717, 1.165) is 15.4 Å². The number of rotatable bonds is 1. The van der Waals surface area contributed by atoms with Crippen LogP contribution in [0.1, 0.15) is 18.1 Å². The van der Waals surface area contributed by atoms with E-state index in [1.165, 1.54) is 6.07 Å². The Labute approximate surface area is 100 Å². The molecule has 0 radical (unpaired) electrons. The maximum Gasteiger partial charge on any atom is 0.335 e. The first-order valence-electron chi connectivity index (χ1n) is 5.33. The lowest BCUT2D eigenvalue weighted by Gasteiger charge is -2.29. The Morgan fingerprint density at radius 1 is 1.29 bits per heavy atom. The van der Waals surface area contributed by atoms with Gasteiger partial charge in [0.1, 0.15) is 4.90 Å². The molecule has 0 unspecified atom stereocenters. The molecule has 17 heavy (non-hydrogen) atoms. The summed E-state index contributed by atoms with van der Waals surface area (Å²) in [5, 5.41) is 2.63. The van der Waals surface area contributed by atoms with Crippen molar-refractivity contribution in [3.05, 3.63) is 23.3 Å². The van der Waals surface area contributed by atoms with Gasteiger partial charge in [-0.25, -0.2) is 17.5 Å². The van der Waals surface area contributed by atoms with Gasteiger partial charge in [-0.05, 0) is 38.0 Å². The third-order valence-electron chi connectivity index (χ3n) is 3.01. The smallest absolute Gasteiger partial charge is 0.305 e. The standard InChI is InChI=1S/C11H14N2O3S/c1-4-13-11(14)12-10-8(3)7(2)5-6-9(10)17(13,15)16/h5-6H,4H2,1-3H3,(H,12,14). The van der Waals surface area contributed by atoms with Gasteiger partial charge in [0.2, 0.25) is 0 Å². The van der Waals surface area contributed by atoms with E-state index >= 15 is 0 Å². The molecule has 0 atom stereocenters. The number of amides is 2. The van der Waals surface area contributed by atoms with Crippen molar-refractivity contribution in [3.8, 4) is 0 Å². The molecule has 0 saturated heterocycles. The zero-order valence-electron chi connectivity index (χ0n) is 9.94. The van der Waals surface area contributed by atoms with Gasteiger partial charge in [-0.2, -0.15) is 0 Å². The van der Waals surface area contributed by atoms with Gasteiger partial charge in [-0.15, -0.1) is 0 Å². The Kier molecular flexibility index (Phi) is 2.61. The number of fused-ring (bicyclic) bond motifs is 1. The molecule has 2 rings (SSSR count). The molecule has 0 bridgehead atoms. The largest absolute Gasteiger partial charge is 0.335 e. The second-order valence-electron chi connectivity index (χ2n) is 3.98. The van der Waals surface area contributed by atoms with E-state index in [2.05, 4.69) is 5.32 Å². The number of nitrogens with one attached hydrogen (secondary N) is 1. The lowest BCUT2D eigenvalue weighted by molar-refractivity contribution is 0.236. The summed E-state index contributed by atoms with van der Waals surface area (Å²) < 4.78 is 25.2. The van der Waals surface area contributed by atoms with E-state index < -0.39 is 16.1 Å². The monoisotopic (exact) mass is 254 g/mol. The molecular formula is C11H14N2O3S. The molecule has 6 heteroatoms. The summed E-state index contributed by atoms with van der Waals surface area (Å²) in [5.74, 6) is 0. The molecule has 1 aromatic carbocycles. The predicted molar refractivity (Wildman–Crippen MR) is 64.5 cm³/mol. The van der Waals surface area contributed by atoms with Crippen LogP contribution in [0.4, 0.5) is 10.5 Å². The number of urea groups is 1. The van der Waals surface area contributed by atoms with Crippen LogP contribution in [0.25, 0.3) is 0 Å². The second-order valence-corrected chi connectivity index (χ2v) is 5.81. The number of sulfonamides is 1. The predicted octanol–water partition coefficient (Wildman–Crippen LogP) is 1.86. The van der Waals surface area contributed by atoms with Crippen LogP contribution in [0.3, 0.4) is 0 Å². The van der Waals surface area contributed by atoms with Gasteiger partial charge in [0.15, 0.2) is 0 Å². The molecule has 5 nitrogen and oxygen atoms in total. The zero-order valence-corrected chi connectivity index (χ0v) is 10.8. The van der Waals surface area contributed by atoms with Gasteiger partial charge in [0, 0.05) is 6.54 Å². The Morgan fingerprint density at radius 2 is 1.94 bits per heavy atom. The summed E-state index contributed by atoms with van der Waals surface area (Å²) in [6.45, 7) is 5.43. The molecule has 0 fully saturated rings. The first-order chi connectivity index (χ1) is 7.89. The molecular weight excluding hydrogens is 240 g/mol. The summed E-state index contributed by atoms with van der Waals surface area (Å²) in [6.07, 6.45) is 0. The van der Waals surface area contributed by atoms with Crippen molar-refractivity contribution in [3.63, 3.8) is 0 Å². The van der Waals surface area contributed by atoms with Gasteiger partial charge < -0.3 is 5.32 Å². The molecule has 1 heterocycles. The topological polar surface area (TPSA) is 66.5 Å². The maximum atomic E-state index is 12.2. The Hall–Kier alpha value is -1.56. The quantitative estimate of drug-likeness (QED) is 0.831. The minimum absolute atomic E-state index is 0.126. The van der Waals surface area contributed by atoms with Crippen LogP contribution in [0, 0.1) is 13.8 Å². The number of carbonyl (C=O) groups excluding carboxylic acids is 1. The van der Waals surface area contributed by atoms with Gasteiger partial charge in [0.05, 0.1) is 5.69 Å². The number of aryl methyl sites for hydroxylation is 1. The van der Waals surface area contributed by atoms with E-state index in [0.29, 0.717) is 5.69 Å². The fraction of sp³-hybridized carbons (Fsp3) is 0.364. The summed E-state index contributed by atoms with van der Waals surface area (Å²) in [7, 11) is -3.70. The van der Waals surface area contributed by atoms with Crippen LogP contribution >= 0.6 is 0 Å². The number of hydrogen-bond acceptors (Lipinski definition) is 3. The van der Waals surface area contributed by atoms with Gasteiger partial charge in [-0.1, -0.05) is 6.07 Å². The van der Waals surface area contributed by atoms with E-state index in [-0.39, 0.29) is 11.4 Å². The summed E-state index contributed by atoms with van der Waals surface area (Å²) in [5.41, 5.74) is 2.14. The van der Waals surface area contributed by atoms with Crippen LogP contribution in [0.15, 0.2) is 17.0 Å². The molecule has 1 aliphatic heterocycles. The highest BCUT2D eigenvalue weighted by molar-refractivity contribution is 7.90. The fourth-order valence-electron chi connectivity index (χ4n) is 1.87. The van der Waals surface area contributed by atoms with Crippen molar-refractivity contribution in [1.29, 1.82) is 0 Å². The summed E-state index contributed by atoms with van der Waals surface area (Å²) >= 11 is 0. The summed E-state index contributed by atoms with van der Waals surface area (Å²) in [6, 6.07) is 2.69. The fourth-order valence-corrected chi connectivity index (χ4v) is 3.42. The lowest BCUT2D eigenvalue weighted by Crippen LogP contribution is -2.44. The van der Waals surface area contributed by atoms with Crippen LogP contribution in [0.2, 0.25) is 0 Å². The third-order valence-corrected chi connectivity index (χ3v) is 4.91. The first kappa shape index (κ1) is 11.9. The number of benzene rings is 1. The maximum absolute atomic E-state index is 12.2. The highest BCUT2D eigenvalue weighted by atomic mass is 32.2. The van der Waals surface area contributed by atoms with E-state index in [9.17, 15) is 13.2 Å². The highest BCUT2D eigenvalue weighted by Gasteiger charge is 2.36. The van der Waals surface area contributed by atoms with E-state index in [1.807, 2.05) is 6.92 Å². The molecule has 1 N–H and O–H groups in total. The lowest BCUT2D eigenvalue weighted by atomic mass is 10.1. The number of nitrogens with zero attached hydrogens (tertiary/aromatic N) is 1. The van der Waals surface area contributed by atoms with Crippen LogP contribution in [-0.2, 0) is 10.0 Å². The van der Waals surface area contributed by atoms with E-state index in [4.69, 9.17) is 0 Å². The Morgan fingerprint density at radius 3 is 2.53 bits per heavy atom. The summed E-state index contributed by atoms with van der Waals surface area (Å²) in [4.78, 5) is 11.9. The first-order valence-corrected chi connectivity index (χ1v) is 6.77. The third kappa shape index (κ3) is 1.59. The number of carbonyl (C=O) groups is 1. The molecule has 0 saturated carbocycles. The molecule has 92 valence electrons. The minimum Gasteiger partial charge on any atom is -0.305 e.